The van der Waals surface area contributed by atoms with E-state index in [0.29, 0.717) is 24.5 Å². The van der Waals surface area contributed by atoms with Crippen molar-refractivity contribution in [3.05, 3.63) is 34.9 Å². The van der Waals surface area contributed by atoms with Gasteiger partial charge in [0.25, 0.3) is 0 Å². The van der Waals surface area contributed by atoms with Crippen LogP contribution in [0.1, 0.15) is 31.2 Å². The van der Waals surface area contributed by atoms with Gasteiger partial charge < -0.3 is 11.1 Å². The Kier molecular flexibility index (Phi) is 6.01. The van der Waals surface area contributed by atoms with Gasteiger partial charge in [-0.25, -0.2) is 0 Å². The maximum Gasteiger partial charge on any atom is 0.220 e. The number of amides is 1. The Morgan fingerprint density at radius 2 is 2.29 bits per heavy atom. The van der Waals surface area contributed by atoms with E-state index in [4.69, 9.17) is 17.3 Å². The number of nitrogens with one attached hydrogen (secondary N) is 1. The molecule has 0 aromatic heterocycles. The zero-order valence-electron chi connectivity index (χ0n) is 10.1. The molecule has 0 radical (unpaired) electrons. The number of hydrogen-bond donors (Lipinski definition) is 2. The first-order valence-electron chi connectivity index (χ1n) is 5.89. The third kappa shape index (κ3) is 4.75. The fraction of sp³-hybridized carbons (Fsp3) is 0.462. The SMILES string of the molecule is CCCNC(=O)CC(CN)c1cccc(Cl)c1. The van der Waals surface area contributed by atoms with Crippen molar-refractivity contribution in [3.8, 4) is 0 Å². The van der Waals surface area contributed by atoms with Crippen LogP contribution in [0.5, 0.6) is 0 Å². The Labute approximate surface area is 107 Å². The third-order valence-electron chi connectivity index (χ3n) is 2.61. The summed E-state index contributed by atoms with van der Waals surface area (Å²) in [6.45, 7) is 3.18. The van der Waals surface area contributed by atoms with Gasteiger partial charge in [0.15, 0.2) is 0 Å². The number of carbonyl (C=O) groups is 1. The highest BCUT2D eigenvalue weighted by Crippen LogP contribution is 2.21. The molecule has 17 heavy (non-hydrogen) atoms. The molecule has 0 spiro atoms. The number of carbonyl (C=O) groups excluding carboxylic acids is 1. The minimum atomic E-state index is 0.0329. The third-order valence-corrected chi connectivity index (χ3v) is 2.84. The summed E-state index contributed by atoms with van der Waals surface area (Å²) in [5.74, 6) is 0.0767. The van der Waals surface area contributed by atoms with Crippen molar-refractivity contribution in [2.75, 3.05) is 13.1 Å². The van der Waals surface area contributed by atoms with Crippen molar-refractivity contribution in [1.29, 1.82) is 0 Å². The largest absolute Gasteiger partial charge is 0.356 e. The average Bonchev–Trinajstić information content (AvgIpc) is 2.33. The number of nitrogens with two attached hydrogens (primary N) is 1. The molecular formula is C13H19ClN2O. The lowest BCUT2D eigenvalue weighted by Gasteiger charge is -2.15. The summed E-state index contributed by atoms with van der Waals surface area (Å²) in [6, 6.07) is 7.52. The second kappa shape index (κ2) is 7.30. The first kappa shape index (κ1) is 14.0. The molecule has 0 heterocycles. The Hall–Kier alpha value is -1.06. The lowest BCUT2D eigenvalue weighted by Crippen LogP contribution is -2.27. The molecule has 0 fully saturated rings. The fourth-order valence-electron chi connectivity index (χ4n) is 1.66. The van der Waals surface area contributed by atoms with Gasteiger partial charge in [-0.3, -0.25) is 4.79 Å². The molecule has 1 atom stereocenters. The minimum Gasteiger partial charge on any atom is -0.356 e. The lowest BCUT2D eigenvalue weighted by molar-refractivity contribution is -0.121. The van der Waals surface area contributed by atoms with E-state index in [1.54, 1.807) is 0 Å². The molecule has 0 bridgehead atoms. The van der Waals surface area contributed by atoms with Crippen LogP contribution in [-0.2, 0) is 4.79 Å². The summed E-state index contributed by atoms with van der Waals surface area (Å²) in [5.41, 5.74) is 6.73. The molecule has 1 aromatic carbocycles. The highest BCUT2D eigenvalue weighted by Gasteiger charge is 2.14. The van der Waals surface area contributed by atoms with E-state index in [9.17, 15) is 4.79 Å². The van der Waals surface area contributed by atoms with Crippen LogP contribution < -0.4 is 11.1 Å². The number of rotatable bonds is 6. The lowest BCUT2D eigenvalue weighted by atomic mass is 9.95. The predicted molar refractivity (Wildman–Crippen MR) is 71.2 cm³/mol. The average molecular weight is 255 g/mol. The van der Waals surface area contributed by atoms with E-state index in [1.807, 2.05) is 31.2 Å². The van der Waals surface area contributed by atoms with Crippen molar-refractivity contribution in [3.63, 3.8) is 0 Å². The first-order chi connectivity index (χ1) is 8.17. The zero-order valence-corrected chi connectivity index (χ0v) is 10.8. The quantitative estimate of drug-likeness (QED) is 0.819. The Morgan fingerprint density at radius 1 is 1.53 bits per heavy atom. The second-order valence-electron chi connectivity index (χ2n) is 4.04. The number of halogens is 1. The van der Waals surface area contributed by atoms with Crippen LogP contribution in [-0.4, -0.2) is 19.0 Å². The minimum absolute atomic E-state index is 0.0329. The van der Waals surface area contributed by atoms with Gasteiger partial charge in [0, 0.05) is 23.9 Å². The van der Waals surface area contributed by atoms with E-state index < -0.39 is 0 Å². The Morgan fingerprint density at radius 3 is 2.88 bits per heavy atom. The van der Waals surface area contributed by atoms with Crippen molar-refractivity contribution in [2.45, 2.75) is 25.7 Å². The van der Waals surface area contributed by atoms with Crippen LogP contribution in [0.3, 0.4) is 0 Å². The zero-order chi connectivity index (χ0) is 12.7. The van der Waals surface area contributed by atoms with Crippen LogP contribution >= 0.6 is 11.6 Å². The fourth-order valence-corrected chi connectivity index (χ4v) is 1.86. The number of hydrogen-bond acceptors (Lipinski definition) is 2. The van der Waals surface area contributed by atoms with Gasteiger partial charge in [0.05, 0.1) is 0 Å². The van der Waals surface area contributed by atoms with E-state index >= 15 is 0 Å². The van der Waals surface area contributed by atoms with E-state index in [2.05, 4.69) is 5.32 Å². The maximum absolute atomic E-state index is 11.6. The van der Waals surface area contributed by atoms with E-state index in [0.717, 1.165) is 12.0 Å². The summed E-state index contributed by atoms with van der Waals surface area (Å²) in [4.78, 5) is 11.6. The molecule has 0 saturated carbocycles. The van der Waals surface area contributed by atoms with Crippen LogP contribution in [0.25, 0.3) is 0 Å². The summed E-state index contributed by atoms with van der Waals surface area (Å²) >= 11 is 5.92. The van der Waals surface area contributed by atoms with Gasteiger partial charge >= 0.3 is 0 Å². The van der Waals surface area contributed by atoms with Crippen LogP contribution in [0, 0.1) is 0 Å². The summed E-state index contributed by atoms with van der Waals surface area (Å²) in [5, 5.41) is 3.53. The second-order valence-corrected chi connectivity index (χ2v) is 4.48. The molecule has 0 aliphatic rings. The van der Waals surface area contributed by atoms with Crippen molar-refractivity contribution >= 4 is 17.5 Å². The molecule has 4 heteroatoms. The van der Waals surface area contributed by atoms with Crippen molar-refractivity contribution in [2.24, 2.45) is 5.73 Å². The Bertz CT molecular complexity index is 368. The van der Waals surface area contributed by atoms with Crippen LogP contribution in [0.4, 0.5) is 0 Å². The summed E-state index contributed by atoms with van der Waals surface area (Å²) in [7, 11) is 0. The van der Waals surface area contributed by atoms with Crippen molar-refractivity contribution < 1.29 is 4.79 Å². The molecule has 0 saturated heterocycles. The summed E-state index contributed by atoms with van der Waals surface area (Å²) < 4.78 is 0. The van der Waals surface area contributed by atoms with Crippen molar-refractivity contribution in [1.82, 2.24) is 5.32 Å². The highest BCUT2D eigenvalue weighted by atomic mass is 35.5. The molecule has 1 amide bonds. The van der Waals surface area contributed by atoms with Gasteiger partial charge in [-0.05, 0) is 30.7 Å². The van der Waals surface area contributed by atoms with Gasteiger partial charge in [-0.1, -0.05) is 30.7 Å². The van der Waals surface area contributed by atoms with Crippen LogP contribution in [0.15, 0.2) is 24.3 Å². The molecule has 0 aliphatic heterocycles. The first-order valence-corrected chi connectivity index (χ1v) is 6.27. The number of benzene rings is 1. The smallest absolute Gasteiger partial charge is 0.220 e. The molecule has 1 aromatic rings. The maximum atomic E-state index is 11.6. The monoisotopic (exact) mass is 254 g/mol. The molecular weight excluding hydrogens is 236 g/mol. The Balaban J connectivity index is 2.62. The highest BCUT2D eigenvalue weighted by molar-refractivity contribution is 6.30. The molecule has 94 valence electrons. The standard InChI is InChI=1S/C13H19ClN2O/c1-2-6-16-13(17)8-11(9-15)10-4-3-5-12(14)7-10/h3-5,7,11H,2,6,8-9,15H2,1H3,(H,16,17). The molecule has 0 aliphatic carbocycles. The normalized spacial score (nSPS) is 12.2. The van der Waals surface area contributed by atoms with E-state index in [1.165, 1.54) is 0 Å². The van der Waals surface area contributed by atoms with E-state index in [-0.39, 0.29) is 11.8 Å². The molecule has 1 rings (SSSR count). The van der Waals surface area contributed by atoms with Crippen LogP contribution in [0.2, 0.25) is 5.02 Å². The molecule has 3 nitrogen and oxygen atoms in total. The van der Waals surface area contributed by atoms with Gasteiger partial charge in [0.1, 0.15) is 0 Å². The predicted octanol–water partition coefficient (Wildman–Crippen LogP) is 2.30. The topological polar surface area (TPSA) is 55.1 Å². The van der Waals surface area contributed by atoms with Gasteiger partial charge in [-0.15, -0.1) is 0 Å². The van der Waals surface area contributed by atoms with Gasteiger partial charge in [-0.2, -0.15) is 0 Å². The summed E-state index contributed by atoms with van der Waals surface area (Å²) in [6.07, 6.45) is 1.35. The molecule has 3 N–H and O–H groups in total. The van der Waals surface area contributed by atoms with Gasteiger partial charge in [0.2, 0.25) is 5.91 Å². The molecule has 1 unspecified atom stereocenters.